The maximum Gasteiger partial charge on any atom is 0.320 e. The average Bonchev–Trinajstić information content (AvgIpc) is 1.83. The van der Waals surface area contributed by atoms with Crippen LogP contribution in [-0.2, 0) is 9.53 Å². The van der Waals surface area contributed by atoms with E-state index in [9.17, 15) is 4.79 Å². The summed E-state index contributed by atoms with van der Waals surface area (Å²) in [7, 11) is 0. The van der Waals surface area contributed by atoms with Crippen LogP contribution in [0.2, 0.25) is 0 Å². The Hall–Kier alpha value is 0.240. The largest absolute Gasteiger partial charge is 0.464 e. The first-order valence-corrected chi connectivity index (χ1v) is 3.97. The summed E-state index contributed by atoms with van der Waals surface area (Å²) in [6.45, 7) is 2.27. The maximum atomic E-state index is 10.3. The van der Waals surface area contributed by atoms with E-state index in [1.807, 2.05) is 6.92 Å². The fourth-order valence-electron chi connectivity index (χ4n) is 0.246. The second-order valence-electron chi connectivity index (χ2n) is 1.60. The molecule has 9 heavy (non-hydrogen) atoms. The summed E-state index contributed by atoms with van der Waals surface area (Å²) in [5, 5.41) is 0. The van der Waals surface area contributed by atoms with E-state index in [4.69, 9.17) is 11.6 Å². The first kappa shape index (κ1) is 9.24. The average molecular weight is 215 g/mol. The third-order valence-electron chi connectivity index (χ3n) is 0.583. The molecule has 0 rings (SSSR count). The Balaban J connectivity index is 3.17. The van der Waals surface area contributed by atoms with Gasteiger partial charge < -0.3 is 4.74 Å². The van der Waals surface area contributed by atoms with Gasteiger partial charge in [0.1, 0.15) is 12.5 Å². The van der Waals surface area contributed by atoms with Crippen LogP contribution in [0.1, 0.15) is 6.92 Å². The molecular weight excluding hydrogens is 207 g/mol. The molecule has 0 radical (unpaired) electrons. The van der Waals surface area contributed by atoms with E-state index < -0.39 is 0 Å². The highest BCUT2D eigenvalue weighted by Crippen LogP contribution is 1.97. The predicted octanol–water partition coefficient (Wildman–Crippen LogP) is 1.55. The van der Waals surface area contributed by atoms with Crippen LogP contribution in [0, 0.1) is 0 Å². The second-order valence-corrected chi connectivity index (χ2v) is 3.43. The zero-order valence-corrected chi connectivity index (χ0v) is 7.41. The van der Waals surface area contributed by atoms with Crippen molar-refractivity contribution < 1.29 is 9.53 Å². The van der Waals surface area contributed by atoms with E-state index in [1.54, 1.807) is 0 Å². The van der Waals surface area contributed by atoms with Crippen molar-refractivity contribution in [3.8, 4) is 0 Å². The van der Waals surface area contributed by atoms with E-state index in [-0.39, 0.29) is 16.7 Å². The van der Waals surface area contributed by atoms with Crippen molar-refractivity contribution in [3.63, 3.8) is 0 Å². The number of carbonyl (C=O) groups excluding carboxylic acids is 1. The molecule has 0 saturated heterocycles. The van der Waals surface area contributed by atoms with Crippen LogP contribution in [0.25, 0.3) is 0 Å². The van der Waals surface area contributed by atoms with Crippen molar-refractivity contribution in [2.45, 2.75) is 11.8 Å². The summed E-state index contributed by atoms with van der Waals surface area (Å²) in [5.41, 5.74) is 0. The summed E-state index contributed by atoms with van der Waals surface area (Å²) in [6.07, 6.45) is 0. The molecule has 0 aliphatic rings. The summed E-state index contributed by atoms with van der Waals surface area (Å²) < 4.78 is 4.63. The number of esters is 1. The van der Waals surface area contributed by atoms with Crippen molar-refractivity contribution in [2.75, 3.05) is 12.5 Å². The molecule has 0 spiro atoms. The number of carbonyl (C=O) groups is 1. The number of halogens is 2. The number of ether oxygens (including phenoxy) is 1. The van der Waals surface area contributed by atoms with Gasteiger partial charge in [0.2, 0.25) is 0 Å². The summed E-state index contributed by atoms with van der Waals surface area (Å²) in [6, 6.07) is 0. The van der Waals surface area contributed by atoms with Crippen LogP contribution in [0.3, 0.4) is 0 Å². The number of rotatable bonds is 3. The Morgan fingerprint density at radius 2 is 2.44 bits per heavy atom. The molecule has 0 aromatic rings. The van der Waals surface area contributed by atoms with Gasteiger partial charge in [-0.15, -0.1) is 11.6 Å². The highest BCUT2D eigenvalue weighted by molar-refractivity contribution is 9.09. The molecule has 54 valence electrons. The van der Waals surface area contributed by atoms with Crippen molar-refractivity contribution >= 4 is 33.5 Å². The van der Waals surface area contributed by atoms with E-state index in [0.29, 0.717) is 6.61 Å². The zero-order chi connectivity index (χ0) is 7.28. The van der Waals surface area contributed by atoms with Gasteiger partial charge >= 0.3 is 5.97 Å². The number of hydrogen-bond donors (Lipinski definition) is 0. The second kappa shape index (κ2) is 5.06. The Kier molecular flexibility index (Phi) is 5.19. The van der Waals surface area contributed by atoms with E-state index >= 15 is 0 Å². The van der Waals surface area contributed by atoms with E-state index in [0.717, 1.165) is 0 Å². The van der Waals surface area contributed by atoms with Crippen LogP contribution in [-0.4, -0.2) is 23.3 Å². The normalized spacial score (nSPS) is 12.8. The van der Waals surface area contributed by atoms with Crippen molar-refractivity contribution in [2.24, 2.45) is 0 Å². The van der Waals surface area contributed by atoms with Gasteiger partial charge in [-0.25, -0.2) is 0 Å². The van der Waals surface area contributed by atoms with E-state index in [2.05, 4.69) is 20.7 Å². The Morgan fingerprint density at radius 1 is 1.89 bits per heavy atom. The molecule has 1 atom stereocenters. The molecule has 0 amide bonds. The topological polar surface area (TPSA) is 26.3 Å². The lowest BCUT2D eigenvalue weighted by molar-refractivity contribution is -0.140. The molecule has 0 aromatic heterocycles. The lowest BCUT2D eigenvalue weighted by Gasteiger charge is -2.02. The van der Waals surface area contributed by atoms with Crippen molar-refractivity contribution in [3.05, 3.63) is 0 Å². The van der Waals surface area contributed by atoms with Gasteiger partial charge in [-0.1, -0.05) is 15.9 Å². The number of hydrogen-bond acceptors (Lipinski definition) is 2. The Bertz CT molecular complexity index is 95.0. The van der Waals surface area contributed by atoms with Gasteiger partial charge in [-0.2, -0.15) is 0 Å². The molecular formula is C5H8BrClO2. The first-order valence-electron chi connectivity index (χ1n) is 2.52. The minimum Gasteiger partial charge on any atom is -0.464 e. The molecule has 0 aromatic carbocycles. The predicted molar refractivity (Wildman–Crippen MR) is 40.1 cm³/mol. The van der Waals surface area contributed by atoms with E-state index in [1.165, 1.54) is 0 Å². The van der Waals surface area contributed by atoms with Gasteiger partial charge in [0.05, 0.1) is 0 Å². The fourth-order valence-corrected chi connectivity index (χ4v) is 0.456. The van der Waals surface area contributed by atoms with Crippen LogP contribution in [0.15, 0.2) is 0 Å². The van der Waals surface area contributed by atoms with Crippen LogP contribution in [0.5, 0.6) is 0 Å². The molecule has 0 aliphatic heterocycles. The highest BCUT2D eigenvalue weighted by Gasteiger charge is 2.01. The minimum atomic E-state index is -0.372. The van der Waals surface area contributed by atoms with Gasteiger partial charge in [-0.05, 0) is 6.92 Å². The van der Waals surface area contributed by atoms with Gasteiger partial charge in [0.15, 0.2) is 0 Å². The minimum absolute atomic E-state index is 0.0697. The van der Waals surface area contributed by atoms with Crippen LogP contribution >= 0.6 is 27.5 Å². The van der Waals surface area contributed by atoms with Crippen LogP contribution in [0.4, 0.5) is 0 Å². The summed E-state index contributed by atoms with van der Waals surface area (Å²) in [4.78, 5) is 10.5. The quantitative estimate of drug-likeness (QED) is 0.527. The highest BCUT2D eigenvalue weighted by atomic mass is 79.9. The Labute approximate surface area is 67.6 Å². The van der Waals surface area contributed by atoms with Gasteiger partial charge in [0.25, 0.3) is 0 Å². The van der Waals surface area contributed by atoms with Gasteiger partial charge in [-0.3, -0.25) is 4.79 Å². The standard InChI is InChI=1S/C5H8BrClO2/c1-4(6)3-9-5(8)2-7/h4H,2-3H2,1H3. The summed E-state index contributed by atoms with van der Waals surface area (Å²) >= 11 is 8.36. The zero-order valence-electron chi connectivity index (χ0n) is 5.06. The third kappa shape index (κ3) is 6.12. The fraction of sp³-hybridized carbons (Fsp3) is 0.800. The van der Waals surface area contributed by atoms with Crippen LogP contribution < -0.4 is 0 Å². The van der Waals surface area contributed by atoms with Crippen molar-refractivity contribution in [1.82, 2.24) is 0 Å². The molecule has 0 bridgehead atoms. The number of alkyl halides is 2. The molecule has 0 aliphatic carbocycles. The summed E-state index contributed by atoms with van der Waals surface area (Å²) in [5.74, 6) is -0.442. The lowest BCUT2D eigenvalue weighted by atomic mass is 10.5. The SMILES string of the molecule is CC(Br)COC(=O)CCl. The molecule has 0 heterocycles. The Morgan fingerprint density at radius 3 is 2.78 bits per heavy atom. The molecule has 4 heteroatoms. The molecule has 0 fully saturated rings. The molecule has 0 saturated carbocycles. The third-order valence-corrected chi connectivity index (χ3v) is 1.07. The molecule has 2 nitrogen and oxygen atoms in total. The first-order chi connectivity index (χ1) is 4.16. The smallest absolute Gasteiger partial charge is 0.320 e. The van der Waals surface area contributed by atoms with Crippen molar-refractivity contribution in [1.29, 1.82) is 0 Å². The lowest BCUT2D eigenvalue weighted by Crippen LogP contribution is -2.11. The molecule has 1 unspecified atom stereocenters. The maximum absolute atomic E-state index is 10.3. The molecule has 0 N–H and O–H groups in total. The van der Waals surface area contributed by atoms with Gasteiger partial charge in [0, 0.05) is 4.83 Å². The monoisotopic (exact) mass is 214 g/mol.